The molecule has 0 aromatic heterocycles. The Morgan fingerprint density at radius 3 is 1.50 bits per heavy atom. The Morgan fingerprint density at radius 2 is 1.11 bits per heavy atom. The minimum atomic E-state index is 1.27. The molecule has 0 radical (unpaired) electrons. The van der Waals surface area contributed by atoms with Gasteiger partial charge < -0.3 is 0 Å². The smallest absolute Gasteiger partial charge is 0.0152 e. The standard InChI is InChI=1S/C18H22/c1-3-9-15(10-4-1)17-13-7-8-14-18(17)16-11-5-2-6-12-16/h7-9,11,13-14H,1-6,10,12H2. The van der Waals surface area contributed by atoms with Crippen LogP contribution >= 0.6 is 0 Å². The number of benzene rings is 1. The summed E-state index contributed by atoms with van der Waals surface area (Å²) >= 11 is 0. The van der Waals surface area contributed by atoms with E-state index in [0.717, 1.165) is 0 Å². The average Bonchev–Trinajstić information content (AvgIpc) is 2.49. The van der Waals surface area contributed by atoms with Crippen LogP contribution < -0.4 is 0 Å². The van der Waals surface area contributed by atoms with Crippen molar-refractivity contribution >= 4 is 11.1 Å². The Kier molecular flexibility index (Phi) is 3.64. The van der Waals surface area contributed by atoms with Gasteiger partial charge in [-0.05, 0) is 73.6 Å². The Bertz CT molecular complexity index is 432. The van der Waals surface area contributed by atoms with E-state index in [1.165, 1.54) is 62.5 Å². The second-order valence-electron chi connectivity index (χ2n) is 5.50. The summed E-state index contributed by atoms with van der Waals surface area (Å²) in [4.78, 5) is 0. The lowest BCUT2D eigenvalue weighted by molar-refractivity contribution is 0.737. The Labute approximate surface area is 110 Å². The van der Waals surface area contributed by atoms with Crippen LogP contribution in [0.4, 0.5) is 0 Å². The zero-order valence-electron chi connectivity index (χ0n) is 11.1. The van der Waals surface area contributed by atoms with E-state index in [0.29, 0.717) is 0 Å². The molecule has 0 fully saturated rings. The maximum absolute atomic E-state index is 2.46. The van der Waals surface area contributed by atoms with E-state index in [2.05, 4.69) is 36.4 Å². The highest BCUT2D eigenvalue weighted by Crippen LogP contribution is 2.35. The molecule has 0 spiro atoms. The highest BCUT2D eigenvalue weighted by molar-refractivity contribution is 5.80. The van der Waals surface area contributed by atoms with Crippen molar-refractivity contribution in [3.05, 3.63) is 47.5 Å². The van der Waals surface area contributed by atoms with E-state index in [4.69, 9.17) is 0 Å². The van der Waals surface area contributed by atoms with E-state index >= 15 is 0 Å². The summed E-state index contributed by atoms with van der Waals surface area (Å²) in [7, 11) is 0. The predicted octanol–water partition coefficient (Wildman–Crippen LogP) is 5.60. The van der Waals surface area contributed by atoms with Crippen LogP contribution in [-0.2, 0) is 0 Å². The Balaban J connectivity index is 1.99. The highest BCUT2D eigenvalue weighted by Gasteiger charge is 2.14. The number of allylic oxidation sites excluding steroid dienone is 4. The van der Waals surface area contributed by atoms with Crippen molar-refractivity contribution in [3.8, 4) is 0 Å². The molecule has 0 amide bonds. The molecule has 0 heterocycles. The topological polar surface area (TPSA) is 0 Å². The molecule has 0 nitrogen and oxygen atoms in total. The molecule has 1 aromatic rings. The van der Waals surface area contributed by atoms with Gasteiger partial charge in [0.1, 0.15) is 0 Å². The van der Waals surface area contributed by atoms with Gasteiger partial charge in [-0.2, -0.15) is 0 Å². The summed E-state index contributed by atoms with van der Waals surface area (Å²) in [5, 5.41) is 0. The first-order valence-electron chi connectivity index (χ1n) is 7.43. The van der Waals surface area contributed by atoms with Crippen molar-refractivity contribution in [1.82, 2.24) is 0 Å². The maximum atomic E-state index is 2.46. The van der Waals surface area contributed by atoms with E-state index in [1.807, 2.05) is 0 Å². The third-order valence-electron chi connectivity index (χ3n) is 4.20. The van der Waals surface area contributed by atoms with Crippen molar-refractivity contribution in [2.24, 2.45) is 0 Å². The third-order valence-corrected chi connectivity index (χ3v) is 4.20. The van der Waals surface area contributed by atoms with Crippen LogP contribution in [0.2, 0.25) is 0 Å². The zero-order chi connectivity index (χ0) is 12.2. The largest absolute Gasteiger partial charge is 0.0807 e. The maximum Gasteiger partial charge on any atom is -0.0152 e. The minimum absolute atomic E-state index is 1.27. The van der Waals surface area contributed by atoms with Crippen molar-refractivity contribution in [2.75, 3.05) is 0 Å². The minimum Gasteiger partial charge on any atom is -0.0807 e. The molecule has 0 atom stereocenters. The number of rotatable bonds is 2. The first-order valence-corrected chi connectivity index (χ1v) is 7.43. The summed E-state index contributed by atoms with van der Waals surface area (Å²) in [6.45, 7) is 0. The van der Waals surface area contributed by atoms with Crippen LogP contribution in [-0.4, -0.2) is 0 Å². The van der Waals surface area contributed by atoms with Crippen LogP contribution in [0.25, 0.3) is 11.1 Å². The summed E-state index contributed by atoms with van der Waals surface area (Å²) in [5.74, 6) is 0. The van der Waals surface area contributed by atoms with Gasteiger partial charge in [0.05, 0.1) is 0 Å². The first kappa shape index (κ1) is 11.8. The zero-order valence-corrected chi connectivity index (χ0v) is 11.1. The molecule has 1 aromatic carbocycles. The Morgan fingerprint density at radius 1 is 0.611 bits per heavy atom. The van der Waals surface area contributed by atoms with Crippen LogP contribution in [0, 0.1) is 0 Å². The SMILES string of the molecule is C1=C(c2ccccc2C2=CCCCC2)CCCC1. The molecule has 2 aliphatic carbocycles. The third kappa shape index (κ3) is 2.43. The Hall–Kier alpha value is -1.30. The van der Waals surface area contributed by atoms with Crippen LogP contribution in [0.1, 0.15) is 62.5 Å². The van der Waals surface area contributed by atoms with Gasteiger partial charge in [0, 0.05) is 0 Å². The monoisotopic (exact) mass is 238 g/mol. The number of hydrogen-bond acceptors (Lipinski definition) is 0. The first-order chi connectivity index (χ1) is 8.95. The van der Waals surface area contributed by atoms with Gasteiger partial charge in [-0.25, -0.2) is 0 Å². The van der Waals surface area contributed by atoms with E-state index < -0.39 is 0 Å². The molecule has 0 saturated heterocycles. The van der Waals surface area contributed by atoms with Gasteiger partial charge in [-0.15, -0.1) is 0 Å². The summed E-state index contributed by atoms with van der Waals surface area (Å²) < 4.78 is 0. The fourth-order valence-corrected chi connectivity index (χ4v) is 3.21. The van der Waals surface area contributed by atoms with Crippen LogP contribution in [0.15, 0.2) is 36.4 Å². The van der Waals surface area contributed by atoms with Crippen molar-refractivity contribution in [2.45, 2.75) is 51.4 Å². The average molecular weight is 238 g/mol. The molecular weight excluding hydrogens is 216 g/mol. The molecule has 0 saturated carbocycles. The molecule has 0 unspecified atom stereocenters. The highest BCUT2D eigenvalue weighted by atomic mass is 14.2. The van der Waals surface area contributed by atoms with Gasteiger partial charge in [-0.1, -0.05) is 36.4 Å². The quantitative estimate of drug-likeness (QED) is 0.629. The van der Waals surface area contributed by atoms with E-state index in [-0.39, 0.29) is 0 Å². The summed E-state index contributed by atoms with van der Waals surface area (Å²) in [6.07, 6.45) is 15.5. The lowest BCUT2D eigenvalue weighted by atomic mass is 9.85. The van der Waals surface area contributed by atoms with Gasteiger partial charge in [-0.3, -0.25) is 0 Å². The van der Waals surface area contributed by atoms with Crippen molar-refractivity contribution < 1.29 is 0 Å². The van der Waals surface area contributed by atoms with Crippen molar-refractivity contribution in [3.63, 3.8) is 0 Å². The molecule has 0 aliphatic heterocycles. The summed E-state index contributed by atoms with van der Waals surface area (Å²) in [6, 6.07) is 9.03. The van der Waals surface area contributed by atoms with Crippen molar-refractivity contribution in [1.29, 1.82) is 0 Å². The van der Waals surface area contributed by atoms with Gasteiger partial charge in [0.25, 0.3) is 0 Å². The second kappa shape index (κ2) is 5.56. The molecular formula is C18H22. The normalized spacial score (nSPS) is 20.2. The fraction of sp³-hybridized carbons (Fsp3) is 0.444. The van der Waals surface area contributed by atoms with Gasteiger partial charge in [0.15, 0.2) is 0 Å². The molecule has 2 aliphatic rings. The fourth-order valence-electron chi connectivity index (χ4n) is 3.21. The lowest BCUT2D eigenvalue weighted by Crippen LogP contribution is -1.99. The summed E-state index contributed by atoms with van der Waals surface area (Å²) in [5.41, 5.74) is 6.18. The molecule has 94 valence electrons. The molecule has 3 rings (SSSR count). The van der Waals surface area contributed by atoms with Crippen LogP contribution in [0.5, 0.6) is 0 Å². The van der Waals surface area contributed by atoms with Crippen LogP contribution in [0.3, 0.4) is 0 Å². The predicted molar refractivity (Wildman–Crippen MR) is 79.3 cm³/mol. The molecule has 0 N–H and O–H groups in total. The number of hydrogen-bond donors (Lipinski definition) is 0. The molecule has 0 heteroatoms. The lowest BCUT2D eigenvalue weighted by Gasteiger charge is -2.20. The van der Waals surface area contributed by atoms with Gasteiger partial charge >= 0.3 is 0 Å². The molecule has 18 heavy (non-hydrogen) atoms. The van der Waals surface area contributed by atoms with E-state index in [1.54, 1.807) is 11.1 Å². The van der Waals surface area contributed by atoms with E-state index in [9.17, 15) is 0 Å². The van der Waals surface area contributed by atoms with Gasteiger partial charge in [0.2, 0.25) is 0 Å². The molecule has 0 bridgehead atoms. The second-order valence-corrected chi connectivity index (χ2v) is 5.50.